The van der Waals surface area contributed by atoms with Crippen LogP contribution in [0.15, 0.2) is 42.5 Å². The lowest BCUT2D eigenvalue weighted by Gasteiger charge is -2.26. The highest BCUT2D eigenvalue weighted by Gasteiger charge is 2.36. The van der Waals surface area contributed by atoms with E-state index in [0.717, 1.165) is 15.6 Å². The van der Waals surface area contributed by atoms with E-state index in [1.165, 1.54) is 18.2 Å². The first-order valence-corrected chi connectivity index (χ1v) is 12.1. The van der Waals surface area contributed by atoms with E-state index in [1.807, 2.05) is 62.3 Å². The van der Waals surface area contributed by atoms with Crippen molar-refractivity contribution in [2.75, 3.05) is 49.7 Å². The van der Waals surface area contributed by atoms with Crippen LogP contribution >= 0.6 is 11.6 Å². The van der Waals surface area contributed by atoms with E-state index in [-0.39, 0.29) is 40.4 Å². The number of carbonyl (C=O) groups is 2. The molecule has 1 heterocycles. The lowest BCUT2D eigenvalue weighted by molar-refractivity contribution is -0.116. The average Bonchev–Trinajstić information content (AvgIpc) is 3.00. The van der Waals surface area contributed by atoms with Gasteiger partial charge in [-0.1, -0.05) is 23.7 Å². The summed E-state index contributed by atoms with van der Waals surface area (Å²) in [5.74, 6) is -1.12. The molecule has 3 rings (SSSR count). The Hall–Kier alpha value is -2.62. The van der Waals surface area contributed by atoms with Crippen LogP contribution in [-0.4, -0.2) is 65.6 Å². The minimum absolute atomic E-state index is 0.0550. The molecule has 0 aromatic heterocycles. The highest BCUT2D eigenvalue weighted by molar-refractivity contribution is 7.94. The molecule has 2 amide bonds. The van der Waals surface area contributed by atoms with Crippen molar-refractivity contribution in [3.63, 3.8) is 0 Å². The maximum atomic E-state index is 12.8. The van der Waals surface area contributed by atoms with Crippen molar-refractivity contribution in [1.82, 2.24) is 10.2 Å². The molecule has 1 unspecified atom stereocenters. The molecule has 0 radical (unpaired) electrons. The van der Waals surface area contributed by atoms with Crippen LogP contribution in [0, 0.1) is 0 Å². The van der Waals surface area contributed by atoms with Gasteiger partial charge in [0.15, 0.2) is 0 Å². The Balaban J connectivity index is 1.74. The first-order valence-electron chi connectivity index (χ1n) is 10.1. The molecule has 1 N–H and O–H groups in total. The fourth-order valence-corrected chi connectivity index (χ4v) is 5.27. The van der Waals surface area contributed by atoms with Crippen molar-refractivity contribution in [2.24, 2.45) is 0 Å². The van der Waals surface area contributed by atoms with Gasteiger partial charge in [-0.15, -0.1) is 0 Å². The van der Waals surface area contributed by atoms with Gasteiger partial charge in [-0.25, -0.2) is 12.7 Å². The summed E-state index contributed by atoms with van der Waals surface area (Å²) in [5, 5.41) is 2.97. The van der Waals surface area contributed by atoms with Crippen molar-refractivity contribution in [2.45, 2.75) is 12.5 Å². The molecule has 1 aliphatic rings. The van der Waals surface area contributed by atoms with Gasteiger partial charge in [0, 0.05) is 32.7 Å². The van der Waals surface area contributed by atoms with Gasteiger partial charge >= 0.3 is 0 Å². The smallest absolute Gasteiger partial charge is 0.252 e. The van der Waals surface area contributed by atoms with Crippen LogP contribution in [0.1, 0.15) is 28.4 Å². The molecule has 2 aromatic rings. The van der Waals surface area contributed by atoms with Gasteiger partial charge in [0.25, 0.3) is 5.91 Å². The molecular formula is C22H27ClN4O4S. The number of anilines is 2. The number of hydrogen-bond donors (Lipinski definition) is 1. The van der Waals surface area contributed by atoms with Crippen molar-refractivity contribution in [3.8, 4) is 0 Å². The topological polar surface area (TPSA) is 90.0 Å². The van der Waals surface area contributed by atoms with Crippen LogP contribution in [0.4, 0.5) is 11.4 Å². The first-order chi connectivity index (χ1) is 15.0. The molecule has 0 aliphatic carbocycles. The molecule has 172 valence electrons. The first kappa shape index (κ1) is 24.0. The summed E-state index contributed by atoms with van der Waals surface area (Å²) in [7, 11) is 4.13. The number of sulfonamides is 1. The highest BCUT2D eigenvalue weighted by atomic mass is 35.5. The molecule has 2 aromatic carbocycles. The lowest BCUT2D eigenvalue weighted by atomic mass is 10.0. The molecule has 10 heteroatoms. The maximum Gasteiger partial charge on any atom is 0.252 e. The van der Waals surface area contributed by atoms with Crippen molar-refractivity contribution >= 4 is 44.8 Å². The monoisotopic (exact) mass is 478 g/mol. The Morgan fingerprint density at radius 1 is 1.12 bits per heavy atom. The second-order valence-electron chi connectivity index (χ2n) is 8.06. The normalized spacial score (nSPS) is 16.3. The van der Waals surface area contributed by atoms with Gasteiger partial charge in [-0.2, -0.15) is 0 Å². The molecule has 1 aliphatic heterocycles. The summed E-state index contributed by atoms with van der Waals surface area (Å²) in [6.45, 7) is 0.351. The van der Waals surface area contributed by atoms with Gasteiger partial charge in [-0.05, 0) is 50.0 Å². The summed E-state index contributed by atoms with van der Waals surface area (Å²) < 4.78 is 25.0. The van der Waals surface area contributed by atoms with Crippen molar-refractivity contribution < 1.29 is 18.0 Å². The SMILES string of the molecule is CN(C)c1ccc(C(CNC(=O)c2ccc(N3C(=O)CCS3(=O)=O)cc2Cl)N(C)C)cc1. The third-order valence-electron chi connectivity index (χ3n) is 5.38. The number of nitrogens with one attached hydrogen (secondary N) is 1. The third kappa shape index (κ3) is 5.06. The van der Waals surface area contributed by atoms with E-state index in [9.17, 15) is 18.0 Å². The molecule has 0 spiro atoms. The number of amides is 2. The Labute approximate surface area is 193 Å². The minimum atomic E-state index is -3.69. The number of hydrogen-bond acceptors (Lipinski definition) is 6. The Morgan fingerprint density at radius 3 is 2.28 bits per heavy atom. The zero-order chi connectivity index (χ0) is 23.6. The van der Waals surface area contributed by atoms with Gasteiger partial charge in [0.2, 0.25) is 15.9 Å². The van der Waals surface area contributed by atoms with E-state index in [0.29, 0.717) is 6.54 Å². The van der Waals surface area contributed by atoms with Gasteiger partial charge in [0.05, 0.1) is 28.1 Å². The number of rotatable bonds is 7. The predicted molar refractivity (Wildman–Crippen MR) is 127 cm³/mol. The van der Waals surface area contributed by atoms with Crippen LogP contribution in [-0.2, 0) is 14.8 Å². The molecule has 1 fully saturated rings. The van der Waals surface area contributed by atoms with E-state index in [4.69, 9.17) is 11.6 Å². The third-order valence-corrected chi connectivity index (χ3v) is 7.39. The number of likely N-dealkylation sites (N-methyl/N-ethyl adjacent to an activating group) is 1. The average molecular weight is 479 g/mol. The lowest BCUT2D eigenvalue weighted by Crippen LogP contribution is -2.34. The predicted octanol–water partition coefficient (Wildman–Crippen LogP) is 2.51. The molecule has 1 atom stereocenters. The second kappa shape index (κ2) is 9.48. The number of nitrogens with zero attached hydrogens (tertiary/aromatic N) is 3. The largest absolute Gasteiger partial charge is 0.378 e. The molecule has 0 saturated carbocycles. The quantitative estimate of drug-likeness (QED) is 0.657. The van der Waals surface area contributed by atoms with Gasteiger partial charge < -0.3 is 15.1 Å². The van der Waals surface area contributed by atoms with Gasteiger partial charge in [0.1, 0.15) is 0 Å². The van der Waals surface area contributed by atoms with E-state index in [2.05, 4.69) is 5.32 Å². The Bertz CT molecular complexity index is 1120. The molecule has 8 nitrogen and oxygen atoms in total. The summed E-state index contributed by atoms with van der Waals surface area (Å²) >= 11 is 6.28. The van der Waals surface area contributed by atoms with Crippen molar-refractivity contribution in [3.05, 3.63) is 58.6 Å². The number of halogens is 1. The summed E-state index contributed by atoms with van der Waals surface area (Å²) in [6.07, 6.45) is -0.0658. The molecular weight excluding hydrogens is 452 g/mol. The highest BCUT2D eigenvalue weighted by Crippen LogP contribution is 2.29. The van der Waals surface area contributed by atoms with E-state index < -0.39 is 15.9 Å². The van der Waals surface area contributed by atoms with E-state index >= 15 is 0 Å². The summed E-state index contributed by atoms with van der Waals surface area (Å²) in [4.78, 5) is 28.8. The molecule has 1 saturated heterocycles. The summed E-state index contributed by atoms with van der Waals surface area (Å²) in [6, 6.07) is 12.2. The summed E-state index contributed by atoms with van der Waals surface area (Å²) in [5.41, 5.74) is 2.49. The van der Waals surface area contributed by atoms with E-state index in [1.54, 1.807) is 0 Å². The van der Waals surface area contributed by atoms with Crippen LogP contribution < -0.4 is 14.5 Å². The Morgan fingerprint density at radius 2 is 1.78 bits per heavy atom. The zero-order valence-electron chi connectivity index (χ0n) is 18.5. The van der Waals surface area contributed by atoms with Crippen LogP contribution in [0.25, 0.3) is 0 Å². The minimum Gasteiger partial charge on any atom is -0.378 e. The van der Waals surface area contributed by atoms with Crippen LogP contribution in [0.2, 0.25) is 5.02 Å². The number of benzene rings is 2. The molecule has 32 heavy (non-hydrogen) atoms. The standard InChI is InChI=1S/C22H27ClN4O4S/c1-25(2)16-7-5-15(6-8-16)20(26(3)4)14-24-22(29)18-10-9-17(13-19(18)23)27-21(28)11-12-32(27,30)31/h5-10,13,20H,11-12,14H2,1-4H3,(H,24,29). The second-order valence-corrected chi connectivity index (χ2v) is 10.4. The molecule has 0 bridgehead atoms. The Kier molecular flexibility index (Phi) is 7.12. The fourth-order valence-electron chi connectivity index (χ4n) is 3.56. The number of carbonyl (C=O) groups excluding carboxylic acids is 2. The van der Waals surface area contributed by atoms with Crippen LogP contribution in [0.5, 0.6) is 0 Å². The van der Waals surface area contributed by atoms with Crippen LogP contribution in [0.3, 0.4) is 0 Å². The van der Waals surface area contributed by atoms with Gasteiger partial charge in [-0.3, -0.25) is 9.59 Å². The maximum absolute atomic E-state index is 12.8. The fraction of sp³-hybridized carbons (Fsp3) is 0.364. The van der Waals surface area contributed by atoms with Crippen molar-refractivity contribution in [1.29, 1.82) is 0 Å². The zero-order valence-corrected chi connectivity index (χ0v) is 20.1.